The van der Waals surface area contributed by atoms with Gasteiger partial charge in [0.2, 0.25) is 0 Å². The second kappa shape index (κ2) is 7.72. The summed E-state index contributed by atoms with van der Waals surface area (Å²) >= 11 is 0. The van der Waals surface area contributed by atoms with Gasteiger partial charge in [-0.1, -0.05) is 48.5 Å². The van der Waals surface area contributed by atoms with Crippen molar-refractivity contribution in [2.24, 2.45) is 0 Å². The molecule has 5 aromatic rings. The molecule has 0 amide bonds. The highest BCUT2D eigenvalue weighted by Gasteiger charge is 2.13. The van der Waals surface area contributed by atoms with Crippen molar-refractivity contribution in [3.63, 3.8) is 0 Å². The zero-order valence-corrected chi connectivity index (χ0v) is 16.4. The van der Waals surface area contributed by atoms with Crippen molar-refractivity contribution in [3.05, 3.63) is 107 Å². The number of para-hydroxylation sites is 1. The summed E-state index contributed by atoms with van der Waals surface area (Å²) < 4.78 is 28.6. The van der Waals surface area contributed by atoms with Gasteiger partial charge < -0.3 is 0 Å². The summed E-state index contributed by atoms with van der Waals surface area (Å²) in [7, 11) is 0. The SMILES string of the molecule is O=c1c2c(-c3ccc(F)c(F)c3)cccc2cnn1CCc1ccc2ccccc2n1. The number of pyridine rings is 1. The van der Waals surface area contributed by atoms with Crippen LogP contribution in [0.5, 0.6) is 0 Å². The molecule has 6 heteroatoms. The van der Waals surface area contributed by atoms with Crippen molar-refractivity contribution >= 4 is 21.7 Å². The maximum absolute atomic E-state index is 13.8. The zero-order chi connectivity index (χ0) is 21.4. The van der Waals surface area contributed by atoms with E-state index in [4.69, 9.17) is 0 Å². The van der Waals surface area contributed by atoms with Crippen molar-refractivity contribution in [2.45, 2.75) is 13.0 Å². The number of halogens is 2. The van der Waals surface area contributed by atoms with E-state index >= 15 is 0 Å². The fourth-order valence-electron chi connectivity index (χ4n) is 3.76. The number of fused-ring (bicyclic) bond motifs is 2. The second-order valence-electron chi connectivity index (χ2n) is 7.32. The molecule has 0 saturated heterocycles. The molecule has 5 rings (SSSR count). The fraction of sp³-hybridized carbons (Fsp3) is 0.0800. The molecule has 3 aromatic carbocycles. The van der Waals surface area contributed by atoms with Crippen LogP contribution in [0.4, 0.5) is 8.78 Å². The van der Waals surface area contributed by atoms with E-state index in [1.807, 2.05) is 36.4 Å². The molecule has 31 heavy (non-hydrogen) atoms. The number of nitrogens with zero attached hydrogens (tertiary/aromatic N) is 3. The Hall–Kier alpha value is -3.93. The van der Waals surface area contributed by atoms with E-state index < -0.39 is 11.6 Å². The Kier molecular flexibility index (Phi) is 4.75. The molecular formula is C25H17F2N3O. The number of hydrogen-bond acceptors (Lipinski definition) is 3. The Bertz CT molecular complexity index is 1490. The number of aromatic nitrogens is 3. The van der Waals surface area contributed by atoms with Crippen molar-refractivity contribution in [3.8, 4) is 11.1 Å². The lowest BCUT2D eigenvalue weighted by Gasteiger charge is -2.10. The van der Waals surface area contributed by atoms with Gasteiger partial charge in [0.05, 0.1) is 23.6 Å². The van der Waals surface area contributed by atoms with E-state index in [0.717, 1.165) is 28.7 Å². The molecule has 0 radical (unpaired) electrons. The first-order valence-electron chi connectivity index (χ1n) is 9.89. The number of aryl methyl sites for hydroxylation is 2. The molecule has 4 nitrogen and oxygen atoms in total. The molecule has 2 heterocycles. The molecule has 0 aliphatic heterocycles. The summed E-state index contributed by atoms with van der Waals surface area (Å²) in [6.07, 6.45) is 2.16. The third kappa shape index (κ3) is 3.57. The number of rotatable bonds is 4. The fourth-order valence-corrected chi connectivity index (χ4v) is 3.76. The molecule has 0 saturated carbocycles. The van der Waals surface area contributed by atoms with Gasteiger partial charge in [-0.05, 0) is 35.4 Å². The first-order valence-corrected chi connectivity index (χ1v) is 9.89. The van der Waals surface area contributed by atoms with Crippen molar-refractivity contribution in [1.29, 1.82) is 0 Å². The van der Waals surface area contributed by atoms with Gasteiger partial charge in [-0.3, -0.25) is 9.78 Å². The third-order valence-corrected chi connectivity index (χ3v) is 5.35. The quantitative estimate of drug-likeness (QED) is 0.410. The standard InChI is InChI=1S/C25H17F2N3O/c26-21-11-9-17(14-22(21)27)20-6-3-5-18-15-28-30(25(31)24(18)20)13-12-19-10-8-16-4-1-2-7-23(16)29-19/h1-11,14-15H,12-13H2. The van der Waals surface area contributed by atoms with Gasteiger partial charge in [-0.2, -0.15) is 5.10 Å². The smallest absolute Gasteiger partial charge is 0.267 e. The van der Waals surface area contributed by atoms with Crippen LogP contribution in [0.1, 0.15) is 5.69 Å². The van der Waals surface area contributed by atoms with Gasteiger partial charge in [-0.25, -0.2) is 13.5 Å². The molecule has 0 unspecified atom stereocenters. The summed E-state index contributed by atoms with van der Waals surface area (Å²) in [5.74, 6) is -1.88. The van der Waals surface area contributed by atoms with Gasteiger partial charge in [0.25, 0.3) is 5.56 Å². The summed E-state index contributed by atoms with van der Waals surface area (Å²) in [5.41, 5.74) is 2.47. The number of benzene rings is 3. The third-order valence-electron chi connectivity index (χ3n) is 5.35. The Morgan fingerprint density at radius 1 is 0.839 bits per heavy atom. The molecule has 152 valence electrons. The van der Waals surface area contributed by atoms with Crippen LogP contribution in [0.15, 0.2) is 83.8 Å². The van der Waals surface area contributed by atoms with Crippen LogP contribution in [0, 0.1) is 11.6 Å². The Morgan fingerprint density at radius 2 is 1.68 bits per heavy atom. The lowest BCUT2D eigenvalue weighted by Crippen LogP contribution is -2.24. The van der Waals surface area contributed by atoms with E-state index in [2.05, 4.69) is 10.1 Å². The van der Waals surface area contributed by atoms with Crippen LogP contribution in [0.2, 0.25) is 0 Å². The highest BCUT2D eigenvalue weighted by molar-refractivity contribution is 5.95. The van der Waals surface area contributed by atoms with Gasteiger partial charge in [0.1, 0.15) is 0 Å². The van der Waals surface area contributed by atoms with Crippen molar-refractivity contribution < 1.29 is 8.78 Å². The second-order valence-corrected chi connectivity index (χ2v) is 7.32. The minimum Gasteiger partial charge on any atom is -0.267 e. The Balaban J connectivity index is 1.53. The lowest BCUT2D eigenvalue weighted by molar-refractivity contribution is 0.509. The average Bonchev–Trinajstić information content (AvgIpc) is 2.80. The van der Waals surface area contributed by atoms with Crippen LogP contribution in [0.25, 0.3) is 32.8 Å². The molecule has 0 aliphatic rings. The van der Waals surface area contributed by atoms with Gasteiger partial charge >= 0.3 is 0 Å². The summed E-state index contributed by atoms with van der Waals surface area (Å²) in [5, 5.41) is 6.42. The average molecular weight is 413 g/mol. The number of hydrogen-bond donors (Lipinski definition) is 0. The van der Waals surface area contributed by atoms with Crippen LogP contribution in [-0.2, 0) is 13.0 Å². The molecule has 0 fully saturated rings. The molecule has 0 N–H and O–H groups in total. The molecule has 0 atom stereocenters. The summed E-state index contributed by atoms with van der Waals surface area (Å²) in [6.45, 7) is 0.353. The maximum Gasteiger partial charge on any atom is 0.275 e. The first-order chi connectivity index (χ1) is 15.1. The highest BCUT2D eigenvalue weighted by atomic mass is 19.2. The van der Waals surface area contributed by atoms with Crippen LogP contribution < -0.4 is 5.56 Å². The summed E-state index contributed by atoms with van der Waals surface area (Å²) in [6, 6.07) is 20.7. The predicted octanol–water partition coefficient (Wildman–Crippen LogP) is 5.13. The van der Waals surface area contributed by atoms with E-state index in [1.54, 1.807) is 24.4 Å². The van der Waals surface area contributed by atoms with Gasteiger partial charge in [0.15, 0.2) is 11.6 Å². The maximum atomic E-state index is 13.8. The monoisotopic (exact) mass is 413 g/mol. The predicted molar refractivity (Wildman–Crippen MR) is 117 cm³/mol. The van der Waals surface area contributed by atoms with Crippen LogP contribution in [-0.4, -0.2) is 14.8 Å². The molecule has 0 aliphatic carbocycles. The molecular weight excluding hydrogens is 396 g/mol. The van der Waals surface area contributed by atoms with E-state index in [9.17, 15) is 13.6 Å². The zero-order valence-electron chi connectivity index (χ0n) is 16.4. The van der Waals surface area contributed by atoms with Crippen LogP contribution >= 0.6 is 0 Å². The van der Waals surface area contributed by atoms with Crippen molar-refractivity contribution in [1.82, 2.24) is 14.8 Å². The van der Waals surface area contributed by atoms with E-state index in [0.29, 0.717) is 34.9 Å². The van der Waals surface area contributed by atoms with E-state index in [1.165, 1.54) is 10.7 Å². The van der Waals surface area contributed by atoms with Gasteiger partial charge in [0, 0.05) is 22.9 Å². The summed E-state index contributed by atoms with van der Waals surface area (Å²) in [4.78, 5) is 17.9. The Morgan fingerprint density at radius 3 is 2.55 bits per heavy atom. The Labute approximate surface area is 176 Å². The molecule has 0 spiro atoms. The minimum atomic E-state index is -0.953. The highest BCUT2D eigenvalue weighted by Crippen LogP contribution is 2.27. The van der Waals surface area contributed by atoms with Crippen molar-refractivity contribution in [2.75, 3.05) is 0 Å². The van der Waals surface area contributed by atoms with E-state index in [-0.39, 0.29) is 5.56 Å². The topological polar surface area (TPSA) is 47.8 Å². The normalized spacial score (nSPS) is 11.3. The van der Waals surface area contributed by atoms with Gasteiger partial charge in [-0.15, -0.1) is 0 Å². The molecule has 2 aromatic heterocycles. The first kappa shape index (κ1) is 19.1. The van der Waals surface area contributed by atoms with Crippen LogP contribution in [0.3, 0.4) is 0 Å². The largest absolute Gasteiger partial charge is 0.275 e. The molecule has 0 bridgehead atoms. The minimum absolute atomic E-state index is 0.279. The lowest BCUT2D eigenvalue weighted by atomic mass is 10.00.